The molecule has 0 aliphatic carbocycles. The van der Waals surface area contributed by atoms with Gasteiger partial charge < -0.3 is 0 Å². The van der Waals surface area contributed by atoms with E-state index < -0.39 is 0 Å². The zero-order valence-corrected chi connectivity index (χ0v) is 16.5. The maximum Gasteiger partial charge on any atom is 0.360 e. The van der Waals surface area contributed by atoms with E-state index in [1.807, 2.05) is 18.2 Å². The quantitative estimate of drug-likeness (QED) is 0.736. The van der Waals surface area contributed by atoms with E-state index in [0.717, 1.165) is 10.6 Å². The Hall–Kier alpha value is -1.49. The topological polar surface area (TPSA) is 62.9 Å². The van der Waals surface area contributed by atoms with Crippen LogP contribution in [0.4, 0.5) is 4.79 Å². The average Bonchev–Trinajstić information content (AvgIpc) is 3.30. The molecular weight excluding hydrogens is 394 g/mol. The Bertz CT molecular complexity index is 853. The highest BCUT2D eigenvalue weighted by atomic mass is 32.2. The predicted molar refractivity (Wildman–Crippen MR) is 108 cm³/mol. The van der Waals surface area contributed by atoms with Gasteiger partial charge in [0.25, 0.3) is 0 Å². The molecule has 3 aliphatic rings. The predicted octanol–water partition coefficient (Wildman–Crippen LogP) is 4.12. The number of nitrogens with zero attached hydrogens (tertiary/aromatic N) is 5. The van der Waals surface area contributed by atoms with Crippen molar-refractivity contribution in [2.75, 3.05) is 14.1 Å². The third kappa shape index (κ3) is 3.43. The van der Waals surface area contributed by atoms with Crippen LogP contribution in [0.3, 0.4) is 0 Å². The number of pyridine rings is 1. The van der Waals surface area contributed by atoms with Crippen molar-refractivity contribution >= 4 is 63.8 Å². The van der Waals surface area contributed by atoms with Gasteiger partial charge in [-0.15, -0.1) is 10.5 Å². The first-order valence-corrected chi connectivity index (χ1v) is 10.6. The van der Waals surface area contributed by atoms with Crippen LogP contribution in [0, 0.1) is 0 Å². The van der Waals surface area contributed by atoms with Crippen LogP contribution in [0.2, 0.25) is 0 Å². The second kappa shape index (κ2) is 7.02. The smallest absolute Gasteiger partial charge is 0.244 e. The van der Waals surface area contributed by atoms with Crippen LogP contribution in [-0.2, 0) is 0 Å². The summed E-state index contributed by atoms with van der Waals surface area (Å²) < 4.78 is 2.60. The summed E-state index contributed by atoms with van der Waals surface area (Å²) >= 11 is 6.97. The fourth-order valence-corrected chi connectivity index (χ4v) is 6.59. The van der Waals surface area contributed by atoms with Gasteiger partial charge in [-0.2, -0.15) is 0 Å². The fourth-order valence-electron chi connectivity index (χ4n) is 2.16. The van der Waals surface area contributed by atoms with Gasteiger partial charge in [0.05, 0.1) is 14.2 Å². The molecule has 25 heavy (non-hydrogen) atoms. The molecule has 0 spiro atoms. The van der Waals surface area contributed by atoms with Gasteiger partial charge in [-0.05, 0) is 28.4 Å². The molecule has 0 atom stereocenters. The molecule has 6 nitrogen and oxygen atoms in total. The summed E-state index contributed by atoms with van der Waals surface area (Å²) in [5, 5.41) is 13.1. The Morgan fingerprint density at radius 1 is 0.960 bits per heavy atom. The molecule has 0 saturated carbocycles. The molecule has 2 amide bonds. The first-order valence-electron chi connectivity index (χ1n) is 7.18. The lowest BCUT2D eigenvalue weighted by atomic mass is 10.3. The molecule has 4 rings (SSSR count). The van der Waals surface area contributed by atoms with Crippen LogP contribution in [0.25, 0.3) is 4.91 Å². The Morgan fingerprint density at radius 3 is 2.48 bits per heavy atom. The maximum atomic E-state index is 11.7. The molecule has 0 bridgehead atoms. The van der Waals surface area contributed by atoms with Gasteiger partial charge >= 0.3 is 6.03 Å². The highest BCUT2D eigenvalue weighted by molar-refractivity contribution is 8.35. The van der Waals surface area contributed by atoms with E-state index >= 15 is 0 Å². The monoisotopic (exact) mass is 406 g/mol. The van der Waals surface area contributed by atoms with E-state index in [2.05, 4.69) is 31.7 Å². The van der Waals surface area contributed by atoms with Crippen molar-refractivity contribution < 1.29 is 4.79 Å². The Kier molecular flexibility index (Phi) is 4.76. The van der Waals surface area contributed by atoms with Crippen LogP contribution in [0.5, 0.6) is 0 Å². The molecule has 1 aromatic rings. The normalized spacial score (nSPS) is 20.2. The van der Waals surface area contributed by atoms with Gasteiger partial charge in [0.1, 0.15) is 5.69 Å². The number of aromatic nitrogens is 1. The third-order valence-electron chi connectivity index (χ3n) is 3.32. The largest absolute Gasteiger partial charge is 0.360 e. The second-order valence-corrected chi connectivity index (χ2v) is 9.33. The molecule has 0 N–H and O–H groups in total. The molecule has 0 aromatic carbocycles. The summed E-state index contributed by atoms with van der Waals surface area (Å²) in [7, 11) is 3.21. The zero-order valence-electron chi connectivity index (χ0n) is 13.2. The van der Waals surface area contributed by atoms with Crippen LogP contribution < -0.4 is 5.43 Å². The lowest BCUT2D eigenvalue weighted by Crippen LogP contribution is -2.48. The van der Waals surface area contributed by atoms with Gasteiger partial charge in [-0.25, -0.2) is 19.8 Å². The lowest BCUT2D eigenvalue weighted by Gasteiger charge is -2.26. The SMILES string of the molecule is CN1[N]C(c2cccc(C3=CSC(=C4SC=CS4)S3)n2)=NN(C)C1=O. The Balaban J connectivity index is 1.58. The van der Waals surface area contributed by atoms with Crippen molar-refractivity contribution in [3.8, 4) is 0 Å². The number of carbonyl (C=O) groups excluding carboxylic acids is 1. The van der Waals surface area contributed by atoms with E-state index in [4.69, 9.17) is 0 Å². The molecule has 0 fully saturated rings. The van der Waals surface area contributed by atoms with Crippen molar-refractivity contribution in [2.24, 2.45) is 5.10 Å². The third-order valence-corrected chi connectivity index (χ3v) is 8.37. The minimum absolute atomic E-state index is 0.276. The average molecular weight is 407 g/mol. The minimum atomic E-state index is -0.276. The summed E-state index contributed by atoms with van der Waals surface area (Å²) in [6, 6.07) is 5.49. The number of urea groups is 1. The second-order valence-electron chi connectivity index (χ2n) is 5.05. The minimum Gasteiger partial charge on any atom is -0.244 e. The van der Waals surface area contributed by atoms with Gasteiger partial charge in [-0.3, -0.25) is 0 Å². The maximum absolute atomic E-state index is 11.7. The molecule has 1 radical (unpaired) electrons. The van der Waals surface area contributed by atoms with E-state index in [0.29, 0.717) is 11.5 Å². The van der Waals surface area contributed by atoms with Crippen molar-refractivity contribution in [3.05, 3.63) is 54.3 Å². The Labute approximate surface area is 162 Å². The van der Waals surface area contributed by atoms with E-state index in [1.54, 1.807) is 61.1 Å². The van der Waals surface area contributed by atoms with Gasteiger partial charge in [0.2, 0.25) is 5.84 Å². The zero-order chi connectivity index (χ0) is 17.4. The highest BCUT2D eigenvalue weighted by Crippen LogP contribution is 2.55. The first-order chi connectivity index (χ1) is 12.1. The number of amidine groups is 1. The van der Waals surface area contributed by atoms with Crippen molar-refractivity contribution in [1.29, 1.82) is 0 Å². The van der Waals surface area contributed by atoms with E-state index in [1.165, 1.54) is 18.5 Å². The summed E-state index contributed by atoms with van der Waals surface area (Å²) in [6.45, 7) is 0. The van der Waals surface area contributed by atoms with Crippen molar-refractivity contribution in [1.82, 2.24) is 20.4 Å². The van der Waals surface area contributed by atoms with Gasteiger partial charge in [0, 0.05) is 19.0 Å². The summed E-state index contributed by atoms with van der Waals surface area (Å²) in [4.78, 5) is 17.5. The summed E-state index contributed by atoms with van der Waals surface area (Å²) in [6.07, 6.45) is 0. The van der Waals surface area contributed by atoms with Gasteiger partial charge in [0.15, 0.2) is 0 Å². The number of rotatable bonds is 2. The molecule has 10 heteroatoms. The number of hydrazone groups is 1. The molecule has 0 unspecified atom stereocenters. The van der Waals surface area contributed by atoms with Crippen LogP contribution in [0.15, 0.2) is 48.0 Å². The standard InChI is InChI=1S/C15H12N5OS4/c1-19-15(21)20(2)18-12(17-19)10-5-3-4-9(16-10)11-8-24-14(25-11)13-22-6-7-23-13/h3-8H,1-2H3. The summed E-state index contributed by atoms with van der Waals surface area (Å²) in [5.74, 6) is 0.424. The molecule has 1 aromatic heterocycles. The summed E-state index contributed by atoms with van der Waals surface area (Å²) in [5.41, 5.74) is 5.73. The Morgan fingerprint density at radius 2 is 1.72 bits per heavy atom. The number of thioether (sulfide) groups is 4. The fraction of sp³-hybridized carbons (Fsp3) is 0.133. The number of carbonyl (C=O) groups is 1. The van der Waals surface area contributed by atoms with E-state index in [-0.39, 0.29) is 6.03 Å². The molecular formula is C15H12N5OS4. The van der Waals surface area contributed by atoms with Crippen LogP contribution >= 0.6 is 47.0 Å². The molecule has 127 valence electrons. The van der Waals surface area contributed by atoms with E-state index in [9.17, 15) is 4.79 Å². The lowest BCUT2D eigenvalue weighted by molar-refractivity contribution is 0.155. The number of amides is 2. The number of hydrogen-bond donors (Lipinski definition) is 0. The molecule has 0 saturated heterocycles. The van der Waals surface area contributed by atoms with Gasteiger partial charge in [-0.1, -0.05) is 53.1 Å². The van der Waals surface area contributed by atoms with Crippen LogP contribution in [0.1, 0.15) is 11.4 Å². The highest BCUT2D eigenvalue weighted by Gasteiger charge is 2.26. The van der Waals surface area contributed by atoms with Crippen molar-refractivity contribution in [3.63, 3.8) is 0 Å². The van der Waals surface area contributed by atoms with Crippen molar-refractivity contribution in [2.45, 2.75) is 0 Å². The first kappa shape index (κ1) is 17.0. The number of hydrogen-bond acceptors (Lipinski definition) is 7. The van der Waals surface area contributed by atoms with Crippen LogP contribution in [-0.4, -0.2) is 41.0 Å². The molecule has 4 heterocycles. The molecule has 3 aliphatic heterocycles.